The van der Waals surface area contributed by atoms with Gasteiger partial charge in [0.15, 0.2) is 0 Å². The standard InChI is InChI=1S/C14H16N2O/c1-11(7-10-15)16-13(17)14(8-9-14)12-5-3-2-4-6-12/h2-6,11H,7-9H2,1H3,(H,16,17). The molecule has 1 aliphatic rings. The average Bonchev–Trinajstić information content (AvgIpc) is 3.11. The van der Waals surface area contributed by atoms with E-state index in [9.17, 15) is 4.79 Å². The number of hydrogen-bond acceptors (Lipinski definition) is 2. The summed E-state index contributed by atoms with van der Waals surface area (Å²) in [6.07, 6.45) is 2.17. The van der Waals surface area contributed by atoms with Gasteiger partial charge in [-0.25, -0.2) is 0 Å². The monoisotopic (exact) mass is 228 g/mol. The molecular formula is C14H16N2O. The van der Waals surface area contributed by atoms with Crippen molar-refractivity contribution in [3.8, 4) is 6.07 Å². The summed E-state index contributed by atoms with van der Waals surface area (Å²) in [4.78, 5) is 12.2. The number of carbonyl (C=O) groups is 1. The molecular weight excluding hydrogens is 212 g/mol. The molecule has 0 spiro atoms. The van der Waals surface area contributed by atoms with Crippen LogP contribution in [0.4, 0.5) is 0 Å². The van der Waals surface area contributed by atoms with Crippen molar-refractivity contribution >= 4 is 5.91 Å². The third-order valence-electron chi connectivity index (χ3n) is 3.29. The fraction of sp³-hybridized carbons (Fsp3) is 0.429. The molecule has 2 rings (SSSR count). The van der Waals surface area contributed by atoms with Gasteiger partial charge < -0.3 is 5.32 Å². The maximum Gasteiger partial charge on any atom is 0.230 e. The molecule has 0 heterocycles. The Hall–Kier alpha value is -1.82. The Balaban J connectivity index is 2.08. The zero-order valence-electron chi connectivity index (χ0n) is 9.94. The quantitative estimate of drug-likeness (QED) is 0.858. The smallest absolute Gasteiger partial charge is 0.230 e. The van der Waals surface area contributed by atoms with Crippen LogP contribution in [0.5, 0.6) is 0 Å². The highest BCUT2D eigenvalue weighted by atomic mass is 16.2. The number of hydrogen-bond donors (Lipinski definition) is 1. The topological polar surface area (TPSA) is 52.9 Å². The maximum absolute atomic E-state index is 12.2. The normalized spacial score (nSPS) is 17.9. The van der Waals surface area contributed by atoms with Crippen molar-refractivity contribution in [3.63, 3.8) is 0 Å². The van der Waals surface area contributed by atoms with E-state index in [4.69, 9.17) is 5.26 Å². The lowest BCUT2D eigenvalue weighted by Gasteiger charge is -2.18. The van der Waals surface area contributed by atoms with E-state index in [1.807, 2.05) is 37.3 Å². The van der Waals surface area contributed by atoms with Crippen molar-refractivity contribution in [3.05, 3.63) is 35.9 Å². The molecule has 0 radical (unpaired) electrons. The number of nitrogens with zero attached hydrogens (tertiary/aromatic N) is 1. The van der Waals surface area contributed by atoms with Gasteiger partial charge in [-0.3, -0.25) is 4.79 Å². The van der Waals surface area contributed by atoms with E-state index < -0.39 is 0 Å². The Morgan fingerprint density at radius 3 is 2.65 bits per heavy atom. The van der Waals surface area contributed by atoms with Crippen LogP contribution in [0.2, 0.25) is 0 Å². The van der Waals surface area contributed by atoms with Gasteiger partial charge >= 0.3 is 0 Å². The van der Waals surface area contributed by atoms with Gasteiger partial charge in [-0.1, -0.05) is 30.3 Å². The first-order valence-electron chi connectivity index (χ1n) is 5.92. The van der Waals surface area contributed by atoms with Crippen LogP contribution in [0.15, 0.2) is 30.3 Å². The maximum atomic E-state index is 12.2. The van der Waals surface area contributed by atoms with E-state index in [0.717, 1.165) is 18.4 Å². The number of nitrogens with one attached hydrogen (secondary N) is 1. The van der Waals surface area contributed by atoms with Gasteiger partial charge in [0.25, 0.3) is 0 Å². The molecule has 1 atom stereocenters. The van der Waals surface area contributed by atoms with E-state index in [2.05, 4.69) is 11.4 Å². The minimum absolute atomic E-state index is 0.0615. The fourth-order valence-corrected chi connectivity index (χ4v) is 2.08. The second kappa shape index (κ2) is 4.58. The van der Waals surface area contributed by atoms with E-state index in [1.165, 1.54) is 0 Å². The molecule has 1 aromatic carbocycles. The minimum Gasteiger partial charge on any atom is -0.352 e. The van der Waals surface area contributed by atoms with Crippen LogP contribution in [0, 0.1) is 11.3 Å². The lowest BCUT2D eigenvalue weighted by molar-refractivity contribution is -0.124. The second-order valence-corrected chi connectivity index (χ2v) is 4.68. The van der Waals surface area contributed by atoms with Crippen molar-refractivity contribution in [2.75, 3.05) is 0 Å². The molecule has 0 aromatic heterocycles. The van der Waals surface area contributed by atoms with Gasteiger partial charge in [0.1, 0.15) is 0 Å². The highest BCUT2D eigenvalue weighted by molar-refractivity contribution is 5.91. The Kier molecular flexibility index (Phi) is 3.14. The summed E-state index contributed by atoms with van der Waals surface area (Å²) in [5, 5.41) is 11.5. The molecule has 3 heteroatoms. The van der Waals surface area contributed by atoms with Crippen LogP contribution in [-0.2, 0) is 10.2 Å². The number of amides is 1. The molecule has 1 aliphatic carbocycles. The molecule has 0 saturated heterocycles. The van der Waals surface area contributed by atoms with Gasteiger partial charge in [0.2, 0.25) is 5.91 Å². The van der Waals surface area contributed by atoms with Crippen molar-refractivity contribution in [2.24, 2.45) is 0 Å². The zero-order valence-corrected chi connectivity index (χ0v) is 9.94. The number of rotatable bonds is 4. The van der Waals surface area contributed by atoms with Crippen LogP contribution in [0.3, 0.4) is 0 Å². The number of carbonyl (C=O) groups excluding carboxylic acids is 1. The van der Waals surface area contributed by atoms with Crippen LogP contribution in [0.1, 0.15) is 31.7 Å². The molecule has 88 valence electrons. The Labute approximate surface area is 101 Å². The van der Waals surface area contributed by atoms with Crippen molar-refractivity contribution in [1.29, 1.82) is 5.26 Å². The first kappa shape index (κ1) is 11.7. The van der Waals surface area contributed by atoms with Gasteiger partial charge in [0.05, 0.1) is 17.9 Å². The van der Waals surface area contributed by atoms with Gasteiger partial charge in [0, 0.05) is 6.04 Å². The molecule has 1 aromatic rings. The highest BCUT2D eigenvalue weighted by Gasteiger charge is 2.51. The lowest BCUT2D eigenvalue weighted by atomic mass is 9.94. The van der Waals surface area contributed by atoms with Gasteiger partial charge in [-0.15, -0.1) is 0 Å². The first-order valence-corrected chi connectivity index (χ1v) is 5.92. The second-order valence-electron chi connectivity index (χ2n) is 4.68. The Bertz CT molecular complexity index is 443. The fourth-order valence-electron chi connectivity index (χ4n) is 2.08. The molecule has 17 heavy (non-hydrogen) atoms. The van der Waals surface area contributed by atoms with Gasteiger partial charge in [-0.05, 0) is 25.3 Å². The van der Waals surface area contributed by atoms with Crippen LogP contribution >= 0.6 is 0 Å². The highest BCUT2D eigenvalue weighted by Crippen LogP contribution is 2.48. The summed E-state index contributed by atoms with van der Waals surface area (Å²) in [6, 6.07) is 11.9. The third-order valence-corrected chi connectivity index (χ3v) is 3.29. The van der Waals surface area contributed by atoms with Gasteiger partial charge in [-0.2, -0.15) is 5.26 Å². The molecule has 0 bridgehead atoms. The average molecular weight is 228 g/mol. The van der Waals surface area contributed by atoms with Crippen molar-refractivity contribution < 1.29 is 4.79 Å². The van der Waals surface area contributed by atoms with Crippen molar-refractivity contribution in [2.45, 2.75) is 37.6 Å². The van der Waals surface area contributed by atoms with E-state index in [1.54, 1.807) is 0 Å². The van der Waals surface area contributed by atoms with E-state index >= 15 is 0 Å². The largest absolute Gasteiger partial charge is 0.352 e. The molecule has 1 fully saturated rings. The zero-order chi connectivity index (χ0) is 12.3. The van der Waals surface area contributed by atoms with E-state index in [-0.39, 0.29) is 17.4 Å². The summed E-state index contributed by atoms with van der Waals surface area (Å²) in [5.41, 5.74) is 0.756. The molecule has 1 unspecified atom stereocenters. The van der Waals surface area contributed by atoms with Crippen LogP contribution < -0.4 is 5.32 Å². The Morgan fingerprint density at radius 1 is 1.47 bits per heavy atom. The summed E-state index contributed by atoms with van der Waals surface area (Å²) in [5.74, 6) is 0.0615. The number of nitriles is 1. The summed E-state index contributed by atoms with van der Waals surface area (Å²) >= 11 is 0. The summed E-state index contributed by atoms with van der Waals surface area (Å²) < 4.78 is 0. The summed E-state index contributed by atoms with van der Waals surface area (Å²) in [7, 11) is 0. The van der Waals surface area contributed by atoms with Crippen LogP contribution in [-0.4, -0.2) is 11.9 Å². The SMILES string of the molecule is CC(CC#N)NC(=O)C1(c2ccccc2)CC1. The predicted octanol–water partition coefficient (Wildman–Crippen LogP) is 2.14. The van der Waals surface area contributed by atoms with Crippen LogP contribution in [0.25, 0.3) is 0 Å². The lowest BCUT2D eigenvalue weighted by Crippen LogP contribution is -2.40. The molecule has 0 aliphatic heterocycles. The van der Waals surface area contributed by atoms with E-state index in [0.29, 0.717) is 6.42 Å². The first-order chi connectivity index (χ1) is 8.19. The molecule has 3 nitrogen and oxygen atoms in total. The predicted molar refractivity (Wildman–Crippen MR) is 65.2 cm³/mol. The minimum atomic E-state index is -0.328. The Morgan fingerprint density at radius 2 is 2.12 bits per heavy atom. The molecule has 1 saturated carbocycles. The summed E-state index contributed by atoms with van der Waals surface area (Å²) in [6.45, 7) is 1.86. The molecule has 1 amide bonds. The molecule has 1 N–H and O–H groups in total. The number of benzene rings is 1. The third kappa shape index (κ3) is 2.31. The van der Waals surface area contributed by atoms with Crippen molar-refractivity contribution in [1.82, 2.24) is 5.32 Å².